The van der Waals surface area contributed by atoms with Gasteiger partial charge in [-0.25, -0.2) is 5.01 Å². The van der Waals surface area contributed by atoms with Crippen molar-refractivity contribution in [2.75, 3.05) is 11.6 Å². The van der Waals surface area contributed by atoms with E-state index in [0.717, 1.165) is 0 Å². The molecule has 1 aliphatic rings. The molecule has 0 saturated heterocycles. The normalized spacial score (nSPS) is 14.5. The van der Waals surface area contributed by atoms with Gasteiger partial charge in [0.1, 0.15) is 5.71 Å². The first-order valence-corrected chi connectivity index (χ1v) is 7.88. The highest BCUT2D eigenvalue weighted by molar-refractivity contribution is 6.40. The number of carbonyl (C=O) groups excluding carboxylic acids is 2. The van der Waals surface area contributed by atoms with E-state index < -0.39 is 5.97 Å². The van der Waals surface area contributed by atoms with Crippen LogP contribution in [0.2, 0.25) is 0 Å². The Balaban J connectivity index is 2.23. The summed E-state index contributed by atoms with van der Waals surface area (Å²) in [5.41, 5.74) is 0.881. The number of amides is 2. The number of carbonyl (C=O) groups is 3. The van der Waals surface area contributed by atoms with E-state index in [0.29, 0.717) is 5.69 Å². The second kappa shape index (κ2) is 7.72. The predicted octanol–water partition coefficient (Wildman–Crippen LogP) is 1.88. The van der Waals surface area contributed by atoms with E-state index >= 15 is 0 Å². The molecule has 1 aromatic carbocycles. The van der Waals surface area contributed by atoms with E-state index in [1.165, 1.54) is 9.91 Å². The van der Waals surface area contributed by atoms with Crippen LogP contribution in [0.5, 0.6) is 0 Å². The molecule has 0 fully saturated rings. The monoisotopic (exact) mass is 331 g/mol. The Hall–Kier alpha value is -2.70. The maximum atomic E-state index is 12.7. The van der Waals surface area contributed by atoms with Gasteiger partial charge >= 0.3 is 5.97 Å². The lowest BCUT2D eigenvalue weighted by Gasteiger charge is -2.29. The molecule has 1 heterocycles. The summed E-state index contributed by atoms with van der Waals surface area (Å²) >= 11 is 0. The number of rotatable bonds is 6. The minimum atomic E-state index is -0.958. The van der Waals surface area contributed by atoms with Gasteiger partial charge in [0, 0.05) is 25.4 Å². The van der Waals surface area contributed by atoms with Crippen LogP contribution in [0.25, 0.3) is 0 Å². The molecule has 0 saturated carbocycles. The maximum Gasteiger partial charge on any atom is 0.305 e. The smallest absolute Gasteiger partial charge is 0.305 e. The molecule has 2 amide bonds. The first kappa shape index (κ1) is 17.7. The lowest BCUT2D eigenvalue weighted by Crippen LogP contribution is -2.45. The molecule has 0 radical (unpaired) electrons. The van der Waals surface area contributed by atoms with E-state index in [2.05, 4.69) is 5.10 Å². The van der Waals surface area contributed by atoms with Gasteiger partial charge in [-0.05, 0) is 26.0 Å². The largest absolute Gasteiger partial charge is 0.481 e. The zero-order valence-corrected chi connectivity index (χ0v) is 13.8. The fourth-order valence-corrected chi connectivity index (χ4v) is 2.45. The minimum Gasteiger partial charge on any atom is -0.481 e. The third kappa shape index (κ3) is 4.18. The first-order chi connectivity index (χ1) is 11.4. The zero-order valence-electron chi connectivity index (χ0n) is 13.8. The molecule has 2 rings (SSSR count). The molecule has 1 aromatic rings. The summed E-state index contributed by atoms with van der Waals surface area (Å²) < 4.78 is 0. The molecule has 0 aromatic heterocycles. The fourth-order valence-electron chi connectivity index (χ4n) is 2.45. The maximum absolute atomic E-state index is 12.7. The summed E-state index contributed by atoms with van der Waals surface area (Å²) in [4.78, 5) is 37.1. The molecule has 0 spiro atoms. The van der Waals surface area contributed by atoms with Gasteiger partial charge in [0.05, 0.1) is 12.1 Å². The zero-order chi connectivity index (χ0) is 17.7. The van der Waals surface area contributed by atoms with Crippen LogP contribution in [-0.4, -0.2) is 46.1 Å². The number of carboxylic acid groups (broad SMARTS) is 1. The van der Waals surface area contributed by atoms with Crippen LogP contribution in [0, 0.1) is 0 Å². The van der Waals surface area contributed by atoms with Gasteiger partial charge in [0.25, 0.3) is 5.91 Å². The van der Waals surface area contributed by atoms with Gasteiger partial charge in [-0.3, -0.25) is 14.4 Å². The Morgan fingerprint density at radius 1 is 1.25 bits per heavy atom. The molecule has 0 atom stereocenters. The topological polar surface area (TPSA) is 90.3 Å². The number of anilines is 1. The number of carboxylic acids is 1. The van der Waals surface area contributed by atoms with Crippen molar-refractivity contribution in [2.45, 2.75) is 39.2 Å². The van der Waals surface area contributed by atoms with Crippen LogP contribution in [0.4, 0.5) is 5.69 Å². The molecule has 1 N–H and O–H groups in total. The Bertz CT molecular complexity index is 655. The highest BCUT2D eigenvalue weighted by Crippen LogP contribution is 2.20. The Kier molecular flexibility index (Phi) is 5.68. The van der Waals surface area contributed by atoms with Crippen LogP contribution in [-0.2, 0) is 14.4 Å². The summed E-state index contributed by atoms with van der Waals surface area (Å²) in [6.45, 7) is 3.76. The second-order valence-corrected chi connectivity index (χ2v) is 5.82. The molecule has 7 heteroatoms. The number of benzene rings is 1. The van der Waals surface area contributed by atoms with E-state index in [1.54, 1.807) is 24.3 Å². The van der Waals surface area contributed by atoms with Crippen LogP contribution in [0.15, 0.2) is 35.4 Å². The number of hydrogen-bond donors (Lipinski definition) is 1. The average Bonchev–Trinajstić information content (AvgIpc) is 2.55. The van der Waals surface area contributed by atoms with Crippen LogP contribution in [0.3, 0.4) is 0 Å². The average molecular weight is 331 g/mol. The van der Waals surface area contributed by atoms with Crippen LogP contribution in [0.1, 0.15) is 33.1 Å². The number of para-hydroxylation sites is 1. The van der Waals surface area contributed by atoms with Crippen molar-refractivity contribution in [1.82, 2.24) is 4.90 Å². The van der Waals surface area contributed by atoms with Crippen molar-refractivity contribution in [3.63, 3.8) is 0 Å². The fraction of sp³-hybridized carbons (Fsp3) is 0.412. The van der Waals surface area contributed by atoms with Gasteiger partial charge in [0.15, 0.2) is 0 Å². The molecular formula is C17H21N3O4. The SMILES string of the molecule is CC(C)N(CCC(=O)O)C(=O)C1=NN(c2ccccc2)C(=O)CC1. The molecule has 128 valence electrons. The van der Waals surface area contributed by atoms with Crippen molar-refractivity contribution in [1.29, 1.82) is 0 Å². The summed E-state index contributed by atoms with van der Waals surface area (Å²) in [6.07, 6.45) is 0.333. The number of nitrogens with zero attached hydrogens (tertiary/aromatic N) is 3. The van der Waals surface area contributed by atoms with Gasteiger partial charge in [-0.1, -0.05) is 18.2 Å². The van der Waals surface area contributed by atoms with E-state index in [1.807, 2.05) is 19.9 Å². The predicted molar refractivity (Wildman–Crippen MR) is 89.7 cm³/mol. The standard InChI is InChI=1S/C17H21N3O4/c1-12(2)19(11-10-16(22)23)17(24)14-8-9-15(21)20(18-14)13-6-4-3-5-7-13/h3-7,12H,8-11H2,1-2H3,(H,22,23). The molecular weight excluding hydrogens is 310 g/mol. The lowest BCUT2D eigenvalue weighted by molar-refractivity contribution is -0.138. The van der Waals surface area contributed by atoms with Crippen molar-refractivity contribution in [3.05, 3.63) is 30.3 Å². The van der Waals surface area contributed by atoms with Gasteiger partial charge in [-0.2, -0.15) is 5.10 Å². The Morgan fingerprint density at radius 3 is 2.50 bits per heavy atom. The summed E-state index contributed by atoms with van der Waals surface area (Å²) in [5.74, 6) is -1.45. The molecule has 24 heavy (non-hydrogen) atoms. The highest BCUT2D eigenvalue weighted by Gasteiger charge is 2.29. The third-order valence-corrected chi connectivity index (χ3v) is 3.73. The lowest BCUT2D eigenvalue weighted by atomic mass is 10.1. The van der Waals surface area contributed by atoms with Crippen molar-refractivity contribution in [2.24, 2.45) is 5.10 Å². The Morgan fingerprint density at radius 2 is 1.92 bits per heavy atom. The van der Waals surface area contributed by atoms with Gasteiger partial charge in [-0.15, -0.1) is 0 Å². The van der Waals surface area contributed by atoms with Crippen LogP contribution < -0.4 is 5.01 Å². The summed E-state index contributed by atoms with van der Waals surface area (Å²) in [5, 5.41) is 14.3. The molecule has 0 unspecified atom stereocenters. The Labute approximate surface area is 140 Å². The number of hydrogen-bond acceptors (Lipinski definition) is 4. The van der Waals surface area contributed by atoms with E-state index in [-0.39, 0.29) is 49.4 Å². The third-order valence-electron chi connectivity index (χ3n) is 3.73. The van der Waals surface area contributed by atoms with Crippen molar-refractivity contribution < 1.29 is 19.5 Å². The van der Waals surface area contributed by atoms with Crippen molar-refractivity contribution in [3.8, 4) is 0 Å². The quantitative estimate of drug-likeness (QED) is 0.862. The number of hydrazone groups is 1. The first-order valence-electron chi connectivity index (χ1n) is 7.88. The summed E-state index contributed by atoms with van der Waals surface area (Å²) in [6, 6.07) is 8.77. The minimum absolute atomic E-state index is 0.115. The van der Waals surface area contributed by atoms with E-state index in [9.17, 15) is 14.4 Å². The molecule has 0 bridgehead atoms. The van der Waals surface area contributed by atoms with Crippen molar-refractivity contribution >= 4 is 29.2 Å². The number of aliphatic carboxylic acids is 1. The highest BCUT2D eigenvalue weighted by atomic mass is 16.4. The van der Waals surface area contributed by atoms with Gasteiger partial charge in [0.2, 0.25) is 5.91 Å². The van der Waals surface area contributed by atoms with Gasteiger partial charge < -0.3 is 10.0 Å². The molecule has 1 aliphatic heterocycles. The second-order valence-electron chi connectivity index (χ2n) is 5.82. The molecule has 7 nitrogen and oxygen atoms in total. The van der Waals surface area contributed by atoms with Crippen LogP contribution >= 0.6 is 0 Å². The summed E-state index contributed by atoms with van der Waals surface area (Å²) in [7, 11) is 0. The van der Waals surface area contributed by atoms with E-state index in [4.69, 9.17) is 5.11 Å². The molecule has 0 aliphatic carbocycles.